The van der Waals surface area contributed by atoms with Crippen LogP contribution < -0.4 is 0 Å². The number of rotatable bonds is 4. The quantitative estimate of drug-likeness (QED) is 0.461. The molecule has 1 heterocycles. The average Bonchev–Trinajstić information content (AvgIpc) is 2.15. The molecule has 1 atom stereocenters. The molecule has 4 nitrogen and oxygen atoms in total. The number of piperidine rings is 1. The van der Waals surface area contributed by atoms with Gasteiger partial charge in [-0.05, 0) is 19.3 Å². The maximum atomic E-state index is 10.5. The predicted molar refractivity (Wildman–Crippen MR) is 43.4 cm³/mol. The molecule has 0 aliphatic carbocycles. The summed E-state index contributed by atoms with van der Waals surface area (Å²) >= 11 is 0. The SMILES string of the molecule is COCO[C@H]1CCCCN1C=O. The van der Waals surface area contributed by atoms with Gasteiger partial charge < -0.3 is 14.4 Å². The lowest BCUT2D eigenvalue weighted by Crippen LogP contribution is -2.40. The van der Waals surface area contributed by atoms with Gasteiger partial charge in [0, 0.05) is 13.7 Å². The Labute approximate surface area is 72.4 Å². The number of carbonyl (C=O) groups excluding carboxylic acids is 1. The molecule has 1 rings (SSSR count). The van der Waals surface area contributed by atoms with Crippen LogP contribution in [-0.4, -0.2) is 38.0 Å². The molecular weight excluding hydrogens is 158 g/mol. The van der Waals surface area contributed by atoms with E-state index in [0.29, 0.717) is 0 Å². The number of nitrogens with zero attached hydrogens (tertiary/aromatic N) is 1. The normalized spacial score (nSPS) is 24.1. The highest BCUT2D eigenvalue weighted by atomic mass is 16.7. The zero-order valence-electron chi connectivity index (χ0n) is 7.36. The summed E-state index contributed by atoms with van der Waals surface area (Å²) in [6.45, 7) is 1.06. The second-order valence-corrected chi connectivity index (χ2v) is 2.87. The minimum absolute atomic E-state index is 0.0730. The van der Waals surface area contributed by atoms with Crippen LogP contribution in [0.4, 0.5) is 0 Å². The Kier molecular flexibility index (Phi) is 4.04. The molecular formula is C8H15NO3. The molecule has 1 fully saturated rings. The second kappa shape index (κ2) is 5.11. The van der Waals surface area contributed by atoms with Crippen LogP contribution in [0.1, 0.15) is 19.3 Å². The van der Waals surface area contributed by atoms with Crippen molar-refractivity contribution in [1.29, 1.82) is 0 Å². The maximum Gasteiger partial charge on any atom is 0.211 e. The third kappa shape index (κ3) is 2.46. The van der Waals surface area contributed by atoms with Crippen molar-refractivity contribution in [3.8, 4) is 0 Å². The van der Waals surface area contributed by atoms with Gasteiger partial charge in [0.2, 0.25) is 6.41 Å². The molecule has 1 aliphatic rings. The first kappa shape index (κ1) is 9.48. The van der Waals surface area contributed by atoms with Gasteiger partial charge in [-0.2, -0.15) is 0 Å². The van der Waals surface area contributed by atoms with Crippen molar-refractivity contribution >= 4 is 6.41 Å². The molecule has 1 saturated heterocycles. The lowest BCUT2D eigenvalue weighted by molar-refractivity contribution is -0.156. The molecule has 1 aliphatic heterocycles. The van der Waals surface area contributed by atoms with Gasteiger partial charge in [0.15, 0.2) is 0 Å². The van der Waals surface area contributed by atoms with Gasteiger partial charge in [0.1, 0.15) is 13.0 Å². The second-order valence-electron chi connectivity index (χ2n) is 2.87. The molecule has 12 heavy (non-hydrogen) atoms. The highest BCUT2D eigenvalue weighted by Crippen LogP contribution is 2.15. The minimum atomic E-state index is -0.0730. The number of amides is 1. The van der Waals surface area contributed by atoms with Gasteiger partial charge >= 0.3 is 0 Å². The van der Waals surface area contributed by atoms with Gasteiger partial charge in [0.05, 0.1) is 0 Å². The van der Waals surface area contributed by atoms with Crippen LogP contribution in [0.3, 0.4) is 0 Å². The Balaban J connectivity index is 2.31. The number of ether oxygens (including phenoxy) is 2. The van der Waals surface area contributed by atoms with E-state index in [2.05, 4.69) is 0 Å². The number of likely N-dealkylation sites (tertiary alicyclic amines) is 1. The first-order valence-corrected chi connectivity index (χ1v) is 4.20. The van der Waals surface area contributed by atoms with Crippen molar-refractivity contribution in [2.24, 2.45) is 0 Å². The molecule has 0 bridgehead atoms. The monoisotopic (exact) mass is 173 g/mol. The zero-order chi connectivity index (χ0) is 8.81. The van der Waals surface area contributed by atoms with E-state index in [-0.39, 0.29) is 13.0 Å². The largest absolute Gasteiger partial charge is 0.359 e. The third-order valence-corrected chi connectivity index (χ3v) is 2.00. The highest BCUT2D eigenvalue weighted by molar-refractivity contribution is 5.47. The summed E-state index contributed by atoms with van der Waals surface area (Å²) in [6, 6.07) is 0. The Morgan fingerprint density at radius 2 is 2.42 bits per heavy atom. The molecule has 70 valence electrons. The summed E-state index contributed by atoms with van der Waals surface area (Å²) < 4.78 is 10.1. The summed E-state index contributed by atoms with van der Waals surface area (Å²) in [4.78, 5) is 12.2. The van der Waals surface area contributed by atoms with Crippen LogP contribution in [0, 0.1) is 0 Å². The standard InChI is InChI=1S/C8H15NO3/c1-11-7-12-8-4-2-3-5-9(8)6-10/h6,8H,2-5,7H2,1H3/t8-/m0/s1. The van der Waals surface area contributed by atoms with Crippen LogP contribution >= 0.6 is 0 Å². The lowest BCUT2D eigenvalue weighted by Gasteiger charge is -2.31. The average molecular weight is 173 g/mol. The fourth-order valence-corrected chi connectivity index (χ4v) is 1.37. The number of methoxy groups -OCH3 is 1. The molecule has 0 N–H and O–H groups in total. The molecule has 0 spiro atoms. The van der Waals surface area contributed by atoms with E-state index in [1.165, 1.54) is 0 Å². The van der Waals surface area contributed by atoms with Crippen molar-refractivity contribution < 1.29 is 14.3 Å². The summed E-state index contributed by atoms with van der Waals surface area (Å²) in [5, 5.41) is 0. The Morgan fingerprint density at radius 3 is 3.08 bits per heavy atom. The van der Waals surface area contributed by atoms with Crippen molar-refractivity contribution in [1.82, 2.24) is 4.90 Å². The van der Waals surface area contributed by atoms with E-state index in [9.17, 15) is 4.79 Å². The lowest BCUT2D eigenvalue weighted by atomic mass is 10.1. The van der Waals surface area contributed by atoms with Crippen molar-refractivity contribution in [3.05, 3.63) is 0 Å². The molecule has 0 aromatic rings. The molecule has 0 aromatic heterocycles. The fourth-order valence-electron chi connectivity index (χ4n) is 1.37. The van der Waals surface area contributed by atoms with Crippen LogP contribution in [0.2, 0.25) is 0 Å². The Bertz CT molecular complexity index is 140. The maximum absolute atomic E-state index is 10.5. The molecule has 4 heteroatoms. The number of hydrogen-bond acceptors (Lipinski definition) is 3. The topological polar surface area (TPSA) is 38.8 Å². The van der Waals surface area contributed by atoms with Gasteiger partial charge in [-0.1, -0.05) is 0 Å². The smallest absolute Gasteiger partial charge is 0.211 e. The highest BCUT2D eigenvalue weighted by Gasteiger charge is 2.20. The van der Waals surface area contributed by atoms with Crippen molar-refractivity contribution in [2.45, 2.75) is 25.5 Å². The van der Waals surface area contributed by atoms with E-state index in [4.69, 9.17) is 9.47 Å². The minimum Gasteiger partial charge on any atom is -0.359 e. The third-order valence-electron chi connectivity index (χ3n) is 2.00. The number of hydrogen-bond donors (Lipinski definition) is 0. The van der Waals surface area contributed by atoms with E-state index in [1.807, 2.05) is 0 Å². The van der Waals surface area contributed by atoms with E-state index in [1.54, 1.807) is 12.0 Å². The summed E-state index contributed by atoms with van der Waals surface area (Å²) in [6.07, 6.45) is 3.89. The first-order valence-electron chi connectivity index (χ1n) is 4.20. The van der Waals surface area contributed by atoms with E-state index in [0.717, 1.165) is 32.2 Å². The zero-order valence-corrected chi connectivity index (χ0v) is 7.36. The van der Waals surface area contributed by atoms with Crippen LogP contribution in [0.15, 0.2) is 0 Å². The molecule has 0 saturated carbocycles. The van der Waals surface area contributed by atoms with Crippen molar-refractivity contribution in [2.75, 3.05) is 20.4 Å². The fraction of sp³-hybridized carbons (Fsp3) is 0.875. The van der Waals surface area contributed by atoms with Gasteiger partial charge in [-0.25, -0.2) is 0 Å². The van der Waals surface area contributed by atoms with Crippen molar-refractivity contribution in [3.63, 3.8) is 0 Å². The van der Waals surface area contributed by atoms with Gasteiger partial charge in [0.25, 0.3) is 0 Å². The van der Waals surface area contributed by atoms with Gasteiger partial charge in [-0.15, -0.1) is 0 Å². The van der Waals surface area contributed by atoms with Crippen LogP contribution in [-0.2, 0) is 14.3 Å². The van der Waals surface area contributed by atoms with Crippen LogP contribution in [0.25, 0.3) is 0 Å². The molecule has 0 aromatic carbocycles. The molecule has 0 unspecified atom stereocenters. The van der Waals surface area contributed by atoms with E-state index < -0.39 is 0 Å². The first-order chi connectivity index (χ1) is 5.88. The molecule has 0 radical (unpaired) electrons. The summed E-state index contributed by atoms with van der Waals surface area (Å²) in [5.74, 6) is 0. The van der Waals surface area contributed by atoms with E-state index >= 15 is 0 Å². The molecule has 1 amide bonds. The summed E-state index contributed by atoms with van der Waals surface area (Å²) in [7, 11) is 1.58. The van der Waals surface area contributed by atoms with Gasteiger partial charge in [-0.3, -0.25) is 4.79 Å². The predicted octanol–water partition coefficient (Wildman–Crippen LogP) is 0.575. The van der Waals surface area contributed by atoms with Crippen LogP contribution in [0.5, 0.6) is 0 Å². The number of carbonyl (C=O) groups is 1. The summed E-state index contributed by atoms with van der Waals surface area (Å²) in [5.41, 5.74) is 0. The Hall–Kier alpha value is -0.610. The Morgan fingerprint density at radius 1 is 1.58 bits per heavy atom.